The average molecular weight is 305 g/mol. The summed E-state index contributed by atoms with van der Waals surface area (Å²) in [7, 11) is 0. The molecule has 1 aliphatic carbocycles. The Hall–Kier alpha value is -1.73. The standard InChI is InChI=1S/C13H18F3N3O2/c14-13(15,16)5-7-19-6-4-8-2-1-3-9(11(17)20)10(8)18-12(19)21/h4,6,8-10H,1-3,5,7H2,(H2,17,20)(H,18,21)/t8?,9-,10?/m0/s1. The van der Waals surface area contributed by atoms with Gasteiger partial charge in [-0.2, -0.15) is 13.2 Å². The zero-order valence-electron chi connectivity index (χ0n) is 11.4. The van der Waals surface area contributed by atoms with E-state index in [1.165, 1.54) is 6.20 Å². The lowest BCUT2D eigenvalue weighted by Crippen LogP contribution is -2.52. The topological polar surface area (TPSA) is 75.4 Å². The third-order valence-electron chi connectivity index (χ3n) is 4.01. The van der Waals surface area contributed by atoms with Crippen LogP contribution in [0.5, 0.6) is 0 Å². The van der Waals surface area contributed by atoms with Gasteiger partial charge in [-0.15, -0.1) is 0 Å². The molecule has 118 valence electrons. The molecular weight excluding hydrogens is 287 g/mol. The van der Waals surface area contributed by atoms with E-state index in [1.807, 2.05) is 0 Å². The lowest BCUT2D eigenvalue weighted by atomic mass is 9.76. The van der Waals surface area contributed by atoms with Gasteiger partial charge in [0, 0.05) is 18.8 Å². The Bertz CT molecular complexity index is 450. The second-order valence-electron chi connectivity index (χ2n) is 5.48. The van der Waals surface area contributed by atoms with E-state index in [9.17, 15) is 22.8 Å². The number of halogens is 3. The normalized spacial score (nSPS) is 29.6. The largest absolute Gasteiger partial charge is 0.390 e. The number of alkyl halides is 3. The predicted molar refractivity (Wildman–Crippen MR) is 68.9 cm³/mol. The zero-order chi connectivity index (χ0) is 15.6. The first-order valence-corrected chi connectivity index (χ1v) is 6.89. The van der Waals surface area contributed by atoms with Gasteiger partial charge >= 0.3 is 12.2 Å². The maximum atomic E-state index is 12.3. The first-order chi connectivity index (χ1) is 9.78. The molecule has 1 aliphatic heterocycles. The molecule has 1 saturated carbocycles. The van der Waals surface area contributed by atoms with Crippen molar-refractivity contribution in [2.75, 3.05) is 6.54 Å². The van der Waals surface area contributed by atoms with E-state index in [1.54, 1.807) is 6.08 Å². The van der Waals surface area contributed by atoms with Crippen LogP contribution in [-0.2, 0) is 4.79 Å². The summed E-state index contributed by atoms with van der Waals surface area (Å²) in [6.45, 7) is -0.438. The minimum Gasteiger partial charge on any atom is -0.369 e. The van der Waals surface area contributed by atoms with Gasteiger partial charge in [0.05, 0.1) is 12.3 Å². The van der Waals surface area contributed by atoms with E-state index in [4.69, 9.17) is 5.73 Å². The van der Waals surface area contributed by atoms with Crippen LogP contribution in [0.3, 0.4) is 0 Å². The number of carbonyl (C=O) groups is 2. The second kappa shape index (κ2) is 5.95. The summed E-state index contributed by atoms with van der Waals surface area (Å²) in [5, 5.41) is 2.65. The maximum Gasteiger partial charge on any atom is 0.390 e. The number of hydrogen-bond acceptors (Lipinski definition) is 2. The SMILES string of the molecule is NC(=O)[C@H]1CCCC2C=CN(CCC(F)(F)F)C(=O)NC21. The summed E-state index contributed by atoms with van der Waals surface area (Å²) < 4.78 is 36.8. The molecule has 0 spiro atoms. The van der Waals surface area contributed by atoms with Crippen molar-refractivity contribution in [1.82, 2.24) is 10.2 Å². The van der Waals surface area contributed by atoms with Gasteiger partial charge in [-0.05, 0) is 18.8 Å². The van der Waals surface area contributed by atoms with E-state index in [2.05, 4.69) is 5.32 Å². The van der Waals surface area contributed by atoms with E-state index < -0.39 is 43.0 Å². The fraction of sp³-hybridized carbons (Fsp3) is 0.692. The Morgan fingerprint density at radius 2 is 2.14 bits per heavy atom. The first-order valence-electron chi connectivity index (χ1n) is 6.89. The fourth-order valence-electron chi connectivity index (χ4n) is 2.90. The average Bonchev–Trinajstić information content (AvgIpc) is 2.53. The Morgan fingerprint density at radius 3 is 2.76 bits per heavy atom. The van der Waals surface area contributed by atoms with Gasteiger partial charge in [-0.3, -0.25) is 4.79 Å². The third kappa shape index (κ3) is 3.89. The summed E-state index contributed by atoms with van der Waals surface area (Å²) >= 11 is 0. The van der Waals surface area contributed by atoms with Crippen LogP contribution in [0.1, 0.15) is 25.7 Å². The van der Waals surface area contributed by atoms with Crippen LogP contribution >= 0.6 is 0 Å². The fourth-order valence-corrected chi connectivity index (χ4v) is 2.90. The molecule has 3 N–H and O–H groups in total. The lowest BCUT2D eigenvalue weighted by molar-refractivity contribution is -0.135. The number of nitrogens with one attached hydrogen (secondary N) is 1. The van der Waals surface area contributed by atoms with Crippen LogP contribution in [-0.4, -0.2) is 35.6 Å². The highest BCUT2D eigenvalue weighted by Crippen LogP contribution is 2.32. The Balaban J connectivity index is 2.08. The lowest BCUT2D eigenvalue weighted by Gasteiger charge is -2.34. The summed E-state index contributed by atoms with van der Waals surface area (Å²) in [4.78, 5) is 24.5. The number of rotatable bonds is 3. The van der Waals surface area contributed by atoms with Crippen LogP contribution in [0.4, 0.5) is 18.0 Å². The number of hydrogen-bond donors (Lipinski definition) is 2. The van der Waals surface area contributed by atoms with Crippen LogP contribution in [0.25, 0.3) is 0 Å². The number of carbonyl (C=O) groups excluding carboxylic acids is 2. The van der Waals surface area contributed by atoms with Gasteiger partial charge in [-0.25, -0.2) is 4.79 Å². The summed E-state index contributed by atoms with van der Waals surface area (Å²) in [6.07, 6.45) is -0.130. The van der Waals surface area contributed by atoms with Crippen LogP contribution in [0.2, 0.25) is 0 Å². The monoisotopic (exact) mass is 305 g/mol. The third-order valence-corrected chi connectivity index (χ3v) is 4.01. The van der Waals surface area contributed by atoms with Gasteiger partial charge in [0.15, 0.2) is 0 Å². The van der Waals surface area contributed by atoms with Crippen molar-refractivity contribution in [2.45, 2.75) is 37.9 Å². The number of nitrogens with two attached hydrogens (primary N) is 1. The predicted octanol–water partition coefficient (Wildman–Crippen LogP) is 1.75. The van der Waals surface area contributed by atoms with E-state index in [0.717, 1.165) is 17.7 Å². The Morgan fingerprint density at radius 1 is 1.43 bits per heavy atom. The van der Waals surface area contributed by atoms with Gasteiger partial charge in [0.1, 0.15) is 0 Å². The molecule has 0 aromatic rings. The number of fused-ring (bicyclic) bond motifs is 1. The molecule has 21 heavy (non-hydrogen) atoms. The minimum absolute atomic E-state index is 0.0731. The van der Waals surface area contributed by atoms with Gasteiger partial charge < -0.3 is 16.0 Å². The highest BCUT2D eigenvalue weighted by atomic mass is 19.4. The molecule has 3 atom stereocenters. The molecule has 1 heterocycles. The summed E-state index contributed by atoms with van der Waals surface area (Å²) in [5.41, 5.74) is 5.34. The number of urea groups is 1. The Labute approximate surface area is 120 Å². The summed E-state index contributed by atoms with van der Waals surface area (Å²) in [6, 6.07) is -1.05. The molecule has 1 fully saturated rings. The quantitative estimate of drug-likeness (QED) is 0.833. The van der Waals surface area contributed by atoms with Crippen LogP contribution in [0, 0.1) is 11.8 Å². The maximum absolute atomic E-state index is 12.3. The highest BCUT2D eigenvalue weighted by Gasteiger charge is 2.39. The molecule has 2 unspecified atom stereocenters. The molecule has 3 amide bonds. The molecule has 0 radical (unpaired) electrons. The molecular formula is C13H18F3N3O2. The number of amides is 3. The molecule has 0 bridgehead atoms. The van der Waals surface area contributed by atoms with Crippen molar-refractivity contribution >= 4 is 11.9 Å². The first kappa shape index (κ1) is 15.7. The molecule has 8 heteroatoms. The molecule has 0 saturated heterocycles. The van der Waals surface area contributed by atoms with E-state index >= 15 is 0 Å². The van der Waals surface area contributed by atoms with Crippen molar-refractivity contribution in [2.24, 2.45) is 17.6 Å². The number of primary amides is 1. The van der Waals surface area contributed by atoms with Gasteiger partial charge in [0.25, 0.3) is 0 Å². The zero-order valence-corrected chi connectivity index (χ0v) is 11.4. The molecule has 2 aliphatic rings. The van der Waals surface area contributed by atoms with Crippen LogP contribution < -0.4 is 11.1 Å². The molecule has 5 nitrogen and oxygen atoms in total. The van der Waals surface area contributed by atoms with Crippen molar-refractivity contribution in [3.63, 3.8) is 0 Å². The highest BCUT2D eigenvalue weighted by molar-refractivity contribution is 5.81. The number of nitrogens with zero attached hydrogens (tertiary/aromatic N) is 1. The van der Waals surface area contributed by atoms with Crippen molar-refractivity contribution in [3.05, 3.63) is 12.3 Å². The van der Waals surface area contributed by atoms with Gasteiger partial charge in [0.2, 0.25) is 5.91 Å². The molecule has 2 rings (SSSR count). The molecule has 0 aromatic carbocycles. The van der Waals surface area contributed by atoms with Crippen molar-refractivity contribution in [3.8, 4) is 0 Å². The second-order valence-corrected chi connectivity index (χ2v) is 5.48. The van der Waals surface area contributed by atoms with Crippen molar-refractivity contribution in [1.29, 1.82) is 0 Å². The van der Waals surface area contributed by atoms with Crippen LogP contribution in [0.15, 0.2) is 12.3 Å². The van der Waals surface area contributed by atoms with E-state index in [-0.39, 0.29) is 5.92 Å². The Kier molecular flexibility index (Phi) is 4.43. The molecule has 0 aromatic heterocycles. The minimum atomic E-state index is -4.32. The summed E-state index contributed by atoms with van der Waals surface area (Å²) in [5.74, 6) is -1.03. The smallest absolute Gasteiger partial charge is 0.369 e. The van der Waals surface area contributed by atoms with Gasteiger partial charge in [-0.1, -0.05) is 12.5 Å². The van der Waals surface area contributed by atoms with E-state index in [0.29, 0.717) is 6.42 Å². The van der Waals surface area contributed by atoms with Crippen molar-refractivity contribution < 1.29 is 22.8 Å².